The highest BCUT2D eigenvalue weighted by Crippen LogP contribution is 2.30. The van der Waals surface area contributed by atoms with Crippen molar-refractivity contribution >= 4 is 5.69 Å². The van der Waals surface area contributed by atoms with Crippen molar-refractivity contribution in [1.29, 1.82) is 0 Å². The van der Waals surface area contributed by atoms with Crippen molar-refractivity contribution in [2.45, 2.75) is 19.8 Å². The van der Waals surface area contributed by atoms with Gasteiger partial charge in [-0.05, 0) is 31.9 Å². The van der Waals surface area contributed by atoms with Crippen LogP contribution in [0.1, 0.15) is 18.9 Å². The van der Waals surface area contributed by atoms with E-state index in [-0.39, 0.29) is 0 Å². The Balaban J connectivity index is 2.34. The van der Waals surface area contributed by atoms with Crippen molar-refractivity contribution in [3.8, 4) is 5.75 Å². The number of benzene rings is 1. The summed E-state index contributed by atoms with van der Waals surface area (Å²) in [4.78, 5) is 0. The third-order valence-corrected chi connectivity index (χ3v) is 2.35. The van der Waals surface area contributed by atoms with E-state index >= 15 is 0 Å². The maximum Gasteiger partial charge on any atom is 0.124 e. The molecule has 0 aromatic heterocycles. The molecule has 0 spiro atoms. The highest BCUT2D eigenvalue weighted by atomic mass is 16.5. The van der Waals surface area contributed by atoms with Crippen molar-refractivity contribution in [3.05, 3.63) is 23.8 Å². The van der Waals surface area contributed by atoms with Gasteiger partial charge in [0, 0.05) is 17.8 Å². The third kappa shape index (κ3) is 1.62. The number of hydrogen-bond donors (Lipinski definition) is 1. The summed E-state index contributed by atoms with van der Waals surface area (Å²) in [5.74, 6) is 1.05. The summed E-state index contributed by atoms with van der Waals surface area (Å²) in [7, 11) is 0. The molecule has 2 heteroatoms. The second kappa shape index (κ2) is 3.69. The van der Waals surface area contributed by atoms with Gasteiger partial charge in [0.15, 0.2) is 0 Å². The zero-order valence-corrected chi connectivity index (χ0v) is 7.97. The van der Waals surface area contributed by atoms with Crippen LogP contribution >= 0.6 is 0 Å². The van der Waals surface area contributed by atoms with Crippen molar-refractivity contribution in [2.24, 2.45) is 0 Å². The average Bonchev–Trinajstić information content (AvgIpc) is 2.19. The van der Waals surface area contributed by atoms with Gasteiger partial charge in [0.05, 0.1) is 6.61 Å². The summed E-state index contributed by atoms with van der Waals surface area (Å²) in [5, 5.41) is 3.38. The van der Waals surface area contributed by atoms with Gasteiger partial charge in [-0.3, -0.25) is 0 Å². The van der Waals surface area contributed by atoms with E-state index in [1.165, 1.54) is 17.7 Å². The first-order valence-electron chi connectivity index (χ1n) is 4.90. The smallest absolute Gasteiger partial charge is 0.124 e. The first-order valence-corrected chi connectivity index (χ1v) is 4.90. The van der Waals surface area contributed by atoms with Crippen LogP contribution in [0.2, 0.25) is 0 Å². The minimum Gasteiger partial charge on any atom is -0.494 e. The SMILES string of the molecule is CCOc1cccc2c1CCCN2. The lowest BCUT2D eigenvalue weighted by atomic mass is 10.0. The molecule has 70 valence electrons. The Labute approximate surface area is 78.9 Å². The minimum absolute atomic E-state index is 0.746. The van der Waals surface area contributed by atoms with Gasteiger partial charge < -0.3 is 10.1 Å². The second-order valence-corrected chi connectivity index (χ2v) is 3.25. The zero-order valence-electron chi connectivity index (χ0n) is 7.97. The molecular weight excluding hydrogens is 162 g/mol. The van der Waals surface area contributed by atoms with Gasteiger partial charge in [-0.2, -0.15) is 0 Å². The maximum absolute atomic E-state index is 5.56. The largest absolute Gasteiger partial charge is 0.494 e. The van der Waals surface area contributed by atoms with Crippen LogP contribution in [0.4, 0.5) is 5.69 Å². The van der Waals surface area contributed by atoms with Gasteiger partial charge in [0.1, 0.15) is 5.75 Å². The molecule has 0 saturated carbocycles. The molecule has 1 aliphatic rings. The lowest BCUT2D eigenvalue weighted by Gasteiger charge is -2.20. The number of hydrogen-bond acceptors (Lipinski definition) is 2. The predicted octanol–water partition coefficient (Wildman–Crippen LogP) is 2.44. The number of rotatable bonds is 2. The van der Waals surface area contributed by atoms with Crippen LogP contribution < -0.4 is 10.1 Å². The summed E-state index contributed by atoms with van der Waals surface area (Å²) >= 11 is 0. The Morgan fingerprint density at radius 1 is 1.46 bits per heavy atom. The van der Waals surface area contributed by atoms with Crippen LogP contribution in [0.3, 0.4) is 0 Å². The first kappa shape index (κ1) is 8.42. The average molecular weight is 177 g/mol. The predicted molar refractivity (Wildman–Crippen MR) is 54.4 cm³/mol. The quantitative estimate of drug-likeness (QED) is 0.749. The molecule has 0 fully saturated rings. The molecule has 1 aromatic rings. The third-order valence-electron chi connectivity index (χ3n) is 2.35. The Bertz CT molecular complexity index is 296. The Morgan fingerprint density at radius 2 is 2.38 bits per heavy atom. The minimum atomic E-state index is 0.746. The van der Waals surface area contributed by atoms with E-state index in [9.17, 15) is 0 Å². The molecule has 2 rings (SSSR count). The molecule has 0 radical (unpaired) electrons. The molecule has 13 heavy (non-hydrogen) atoms. The fourth-order valence-corrected chi connectivity index (χ4v) is 1.77. The highest BCUT2D eigenvalue weighted by Gasteiger charge is 2.12. The van der Waals surface area contributed by atoms with E-state index in [1.807, 2.05) is 13.0 Å². The van der Waals surface area contributed by atoms with Crippen LogP contribution in [-0.4, -0.2) is 13.2 Å². The molecule has 0 atom stereocenters. The number of anilines is 1. The van der Waals surface area contributed by atoms with Gasteiger partial charge in [-0.25, -0.2) is 0 Å². The molecular formula is C11H15NO. The molecule has 0 aliphatic carbocycles. The fraction of sp³-hybridized carbons (Fsp3) is 0.455. The van der Waals surface area contributed by atoms with Gasteiger partial charge >= 0.3 is 0 Å². The van der Waals surface area contributed by atoms with Gasteiger partial charge in [-0.15, -0.1) is 0 Å². The second-order valence-electron chi connectivity index (χ2n) is 3.25. The molecule has 0 saturated heterocycles. The number of ether oxygens (including phenoxy) is 1. The molecule has 1 heterocycles. The van der Waals surface area contributed by atoms with Crippen LogP contribution in [-0.2, 0) is 6.42 Å². The molecule has 0 unspecified atom stereocenters. The highest BCUT2D eigenvalue weighted by molar-refractivity contribution is 5.58. The van der Waals surface area contributed by atoms with Gasteiger partial charge in [0.2, 0.25) is 0 Å². The maximum atomic E-state index is 5.56. The summed E-state index contributed by atoms with van der Waals surface area (Å²) in [5.41, 5.74) is 2.59. The van der Waals surface area contributed by atoms with E-state index in [2.05, 4.69) is 17.4 Å². The molecule has 1 aliphatic heterocycles. The van der Waals surface area contributed by atoms with E-state index in [0.29, 0.717) is 0 Å². The van der Waals surface area contributed by atoms with E-state index < -0.39 is 0 Å². The number of fused-ring (bicyclic) bond motifs is 1. The molecule has 1 aromatic carbocycles. The fourth-order valence-electron chi connectivity index (χ4n) is 1.77. The summed E-state index contributed by atoms with van der Waals surface area (Å²) in [6.07, 6.45) is 2.34. The van der Waals surface area contributed by atoms with E-state index in [1.54, 1.807) is 0 Å². The Kier molecular flexibility index (Phi) is 2.39. The normalized spacial score (nSPS) is 14.5. The molecule has 2 nitrogen and oxygen atoms in total. The van der Waals surface area contributed by atoms with Crippen LogP contribution in [0.15, 0.2) is 18.2 Å². The van der Waals surface area contributed by atoms with Crippen LogP contribution in [0.5, 0.6) is 5.75 Å². The van der Waals surface area contributed by atoms with Crippen molar-refractivity contribution < 1.29 is 4.74 Å². The summed E-state index contributed by atoms with van der Waals surface area (Å²) in [6.45, 7) is 3.86. The van der Waals surface area contributed by atoms with Crippen molar-refractivity contribution in [3.63, 3.8) is 0 Å². The topological polar surface area (TPSA) is 21.3 Å². The monoisotopic (exact) mass is 177 g/mol. The zero-order chi connectivity index (χ0) is 9.10. The Morgan fingerprint density at radius 3 is 3.23 bits per heavy atom. The summed E-state index contributed by atoms with van der Waals surface area (Å²) < 4.78 is 5.56. The lowest BCUT2D eigenvalue weighted by Crippen LogP contribution is -2.12. The van der Waals surface area contributed by atoms with Gasteiger partial charge in [-0.1, -0.05) is 6.07 Å². The van der Waals surface area contributed by atoms with Gasteiger partial charge in [0.25, 0.3) is 0 Å². The lowest BCUT2D eigenvalue weighted by molar-refractivity contribution is 0.336. The first-order chi connectivity index (χ1) is 6.42. The van der Waals surface area contributed by atoms with Crippen LogP contribution in [0.25, 0.3) is 0 Å². The molecule has 1 N–H and O–H groups in total. The standard InChI is InChI=1S/C11H15NO/c1-2-13-11-7-3-6-10-9(11)5-4-8-12-10/h3,6-7,12H,2,4-5,8H2,1H3. The van der Waals surface area contributed by atoms with E-state index in [0.717, 1.165) is 25.3 Å². The molecule has 0 bridgehead atoms. The van der Waals surface area contributed by atoms with Crippen LogP contribution in [0, 0.1) is 0 Å². The van der Waals surface area contributed by atoms with Crippen molar-refractivity contribution in [2.75, 3.05) is 18.5 Å². The van der Waals surface area contributed by atoms with E-state index in [4.69, 9.17) is 4.74 Å². The van der Waals surface area contributed by atoms with Crippen molar-refractivity contribution in [1.82, 2.24) is 0 Å². The molecule has 0 amide bonds. The Hall–Kier alpha value is -1.18. The summed E-state index contributed by atoms with van der Waals surface area (Å²) in [6, 6.07) is 6.22. The number of nitrogens with one attached hydrogen (secondary N) is 1.